The van der Waals surface area contributed by atoms with Crippen molar-refractivity contribution in [1.82, 2.24) is 4.57 Å². The molecule has 0 radical (unpaired) electrons. The summed E-state index contributed by atoms with van der Waals surface area (Å²) < 4.78 is 7.53. The van der Waals surface area contributed by atoms with Crippen LogP contribution < -0.4 is 10.1 Å². The molecule has 0 aliphatic rings. The van der Waals surface area contributed by atoms with Crippen LogP contribution in [-0.2, 0) is 0 Å². The first-order valence-corrected chi connectivity index (χ1v) is 7.95. The van der Waals surface area contributed by atoms with Gasteiger partial charge in [-0.3, -0.25) is 4.79 Å². The highest BCUT2D eigenvalue weighted by Crippen LogP contribution is 2.26. The molecule has 0 saturated heterocycles. The Morgan fingerprint density at radius 3 is 2.48 bits per heavy atom. The smallest absolute Gasteiger partial charge is 0.183 e. The predicted octanol–water partition coefficient (Wildman–Crippen LogP) is 4.30. The second-order valence-corrected chi connectivity index (χ2v) is 6.23. The number of carbonyl (C=O) groups excluding carboxylic acids is 1. The van der Waals surface area contributed by atoms with E-state index in [0.29, 0.717) is 6.04 Å². The fourth-order valence-electron chi connectivity index (χ4n) is 3.08. The lowest BCUT2D eigenvalue weighted by Crippen LogP contribution is -2.16. The number of rotatable bonds is 6. The van der Waals surface area contributed by atoms with Gasteiger partial charge in [0, 0.05) is 23.0 Å². The topological polar surface area (TPSA) is 43.3 Å². The molecule has 124 valence electrons. The standard InChI is InChI=1S/C19H26N2O2/c1-12(2)21-14(4)10-16(15(21)5)18(22)11-20-17-9-13(3)7-8-19(17)23-6/h7-10,12,20H,11H2,1-6H3. The summed E-state index contributed by atoms with van der Waals surface area (Å²) in [6.45, 7) is 10.6. The van der Waals surface area contributed by atoms with Crippen molar-refractivity contribution in [2.24, 2.45) is 0 Å². The van der Waals surface area contributed by atoms with Gasteiger partial charge in [-0.1, -0.05) is 6.07 Å². The summed E-state index contributed by atoms with van der Waals surface area (Å²) >= 11 is 0. The molecule has 0 atom stereocenters. The van der Waals surface area contributed by atoms with Gasteiger partial charge >= 0.3 is 0 Å². The minimum atomic E-state index is 0.0913. The number of carbonyl (C=O) groups is 1. The number of hydrogen-bond donors (Lipinski definition) is 1. The highest BCUT2D eigenvalue weighted by atomic mass is 16.5. The van der Waals surface area contributed by atoms with Crippen LogP contribution in [0.5, 0.6) is 5.75 Å². The summed E-state index contributed by atoms with van der Waals surface area (Å²) in [6.07, 6.45) is 0. The van der Waals surface area contributed by atoms with Crippen molar-refractivity contribution in [3.05, 3.63) is 46.8 Å². The number of ketones is 1. The summed E-state index contributed by atoms with van der Waals surface area (Å²) in [5.74, 6) is 0.838. The average molecular weight is 314 g/mol. The fraction of sp³-hybridized carbons (Fsp3) is 0.421. The maximum atomic E-state index is 12.6. The zero-order valence-electron chi connectivity index (χ0n) is 14.9. The molecule has 4 heteroatoms. The molecule has 2 rings (SSSR count). The number of anilines is 1. The van der Waals surface area contributed by atoms with Crippen LogP contribution in [0.3, 0.4) is 0 Å². The molecule has 1 N–H and O–H groups in total. The maximum absolute atomic E-state index is 12.6. The summed E-state index contributed by atoms with van der Waals surface area (Å²) in [5.41, 5.74) is 4.90. The Hall–Kier alpha value is -2.23. The van der Waals surface area contributed by atoms with E-state index in [0.717, 1.165) is 34.0 Å². The summed E-state index contributed by atoms with van der Waals surface area (Å²) in [5, 5.41) is 3.20. The quantitative estimate of drug-likeness (QED) is 0.809. The molecule has 1 heterocycles. The number of nitrogens with zero attached hydrogens (tertiary/aromatic N) is 1. The van der Waals surface area contributed by atoms with E-state index in [4.69, 9.17) is 4.74 Å². The highest BCUT2D eigenvalue weighted by Gasteiger charge is 2.17. The Kier molecular flexibility index (Phi) is 5.14. The molecule has 0 aliphatic carbocycles. The number of nitrogens with one attached hydrogen (secondary N) is 1. The van der Waals surface area contributed by atoms with E-state index in [9.17, 15) is 4.79 Å². The van der Waals surface area contributed by atoms with Crippen molar-refractivity contribution in [1.29, 1.82) is 0 Å². The first-order valence-electron chi connectivity index (χ1n) is 7.95. The molecule has 23 heavy (non-hydrogen) atoms. The Morgan fingerprint density at radius 1 is 1.22 bits per heavy atom. The van der Waals surface area contributed by atoms with Crippen LogP contribution in [0.25, 0.3) is 0 Å². The molecule has 1 aromatic heterocycles. The predicted molar refractivity (Wildman–Crippen MR) is 94.8 cm³/mol. The van der Waals surface area contributed by atoms with Gasteiger partial charge in [0.05, 0.1) is 19.3 Å². The Labute approximate surface area is 138 Å². The Morgan fingerprint density at radius 2 is 1.91 bits per heavy atom. The van der Waals surface area contributed by atoms with Crippen molar-refractivity contribution in [2.75, 3.05) is 19.0 Å². The molecule has 0 aliphatic heterocycles. The average Bonchev–Trinajstić information content (AvgIpc) is 2.80. The summed E-state index contributed by atoms with van der Waals surface area (Å²) in [7, 11) is 1.63. The minimum Gasteiger partial charge on any atom is -0.495 e. The van der Waals surface area contributed by atoms with Crippen LogP contribution in [0.1, 0.15) is 47.2 Å². The van der Waals surface area contributed by atoms with Gasteiger partial charge in [0.25, 0.3) is 0 Å². The zero-order chi connectivity index (χ0) is 17.1. The van der Waals surface area contributed by atoms with E-state index < -0.39 is 0 Å². The molecule has 4 nitrogen and oxygen atoms in total. The third-order valence-corrected chi connectivity index (χ3v) is 4.10. The summed E-state index contributed by atoms with van der Waals surface area (Å²) in [4.78, 5) is 12.6. The normalized spacial score (nSPS) is 10.9. The van der Waals surface area contributed by atoms with Crippen molar-refractivity contribution in [3.8, 4) is 5.75 Å². The molecule has 2 aromatic rings. The van der Waals surface area contributed by atoms with Gasteiger partial charge in [-0.25, -0.2) is 0 Å². The van der Waals surface area contributed by atoms with Crippen LogP contribution in [0.4, 0.5) is 5.69 Å². The number of benzene rings is 1. The van der Waals surface area contributed by atoms with Crippen molar-refractivity contribution in [2.45, 2.75) is 40.7 Å². The number of methoxy groups -OCH3 is 1. The largest absolute Gasteiger partial charge is 0.495 e. The van der Waals surface area contributed by atoms with Crippen LogP contribution in [0, 0.1) is 20.8 Å². The van der Waals surface area contributed by atoms with Crippen LogP contribution in [0.2, 0.25) is 0 Å². The van der Waals surface area contributed by atoms with Crippen LogP contribution in [-0.4, -0.2) is 24.0 Å². The molecule has 0 unspecified atom stereocenters. The number of Topliss-reactive ketones (excluding diaryl/α,β-unsaturated/α-hetero) is 1. The van der Waals surface area contributed by atoms with Crippen molar-refractivity contribution >= 4 is 11.5 Å². The first-order chi connectivity index (χ1) is 10.8. The lowest BCUT2D eigenvalue weighted by Gasteiger charge is -2.14. The highest BCUT2D eigenvalue weighted by molar-refractivity contribution is 6.00. The second-order valence-electron chi connectivity index (χ2n) is 6.23. The number of aryl methyl sites for hydroxylation is 2. The molecule has 0 bridgehead atoms. The zero-order valence-corrected chi connectivity index (χ0v) is 14.9. The van der Waals surface area contributed by atoms with E-state index in [1.54, 1.807) is 7.11 Å². The second kappa shape index (κ2) is 6.90. The van der Waals surface area contributed by atoms with Gasteiger partial charge in [0.15, 0.2) is 5.78 Å². The molecular formula is C19H26N2O2. The van der Waals surface area contributed by atoms with E-state index in [2.05, 4.69) is 23.7 Å². The number of hydrogen-bond acceptors (Lipinski definition) is 3. The van der Waals surface area contributed by atoms with E-state index >= 15 is 0 Å². The number of aromatic nitrogens is 1. The van der Waals surface area contributed by atoms with E-state index in [1.807, 2.05) is 45.0 Å². The molecule has 0 saturated carbocycles. The molecule has 1 aromatic carbocycles. The van der Waals surface area contributed by atoms with Gasteiger partial charge < -0.3 is 14.6 Å². The van der Waals surface area contributed by atoms with Gasteiger partial charge in [-0.05, 0) is 58.4 Å². The van der Waals surface area contributed by atoms with Crippen molar-refractivity contribution in [3.63, 3.8) is 0 Å². The monoisotopic (exact) mass is 314 g/mol. The van der Waals surface area contributed by atoms with Crippen molar-refractivity contribution < 1.29 is 9.53 Å². The van der Waals surface area contributed by atoms with Gasteiger partial charge in [0.2, 0.25) is 0 Å². The van der Waals surface area contributed by atoms with Gasteiger partial charge in [-0.2, -0.15) is 0 Å². The SMILES string of the molecule is COc1ccc(C)cc1NCC(=O)c1cc(C)n(C(C)C)c1C. The third kappa shape index (κ3) is 3.58. The van der Waals surface area contributed by atoms with Crippen LogP contribution >= 0.6 is 0 Å². The number of ether oxygens (including phenoxy) is 1. The van der Waals surface area contributed by atoms with Gasteiger partial charge in [-0.15, -0.1) is 0 Å². The minimum absolute atomic E-state index is 0.0913. The lowest BCUT2D eigenvalue weighted by molar-refractivity contribution is 0.101. The molecular weight excluding hydrogens is 288 g/mol. The molecule has 0 fully saturated rings. The third-order valence-electron chi connectivity index (χ3n) is 4.10. The Bertz CT molecular complexity index is 714. The Balaban J connectivity index is 2.18. The summed E-state index contributed by atoms with van der Waals surface area (Å²) in [6, 6.07) is 8.21. The first kappa shape index (κ1) is 17.1. The van der Waals surface area contributed by atoms with Gasteiger partial charge in [0.1, 0.15) is 5.75 Å². The lowest BCUT2D eigenvalue weighted by atomic mass is 10.1. The van der Waals surface area contributed by atoms with Crippen LogP contribution in [0.15, 0.2) is 24.3 Å². The van der Waals surface area contributed by atoms with E-state index in [-0.39, 0.29) is 12.3 Å². The molecule has 0 spiro atoms. The van der Waals surface area contributed by atoms with E-state index in [1.165, 1.54) is 0 Å². The molecule has 0 amide bonds. The fourth-order valence-corrected chi connectivity index (χ4v) is 3.08. The maximum Gasteiger partial charge on any atom is 0.183 e.